The van der Waals surface area contributed by atoms with Gasteiger partial charge in [-0.2, -0.15) is 0 Å². The molecule has 0 bridgehead atoms. The molecule has 24 heavy (non-hydrogen) atoms. The molecule has 1 fully saturated rings. The minimum absolute atomic E-state index is 0.0267. The molecular weight excluding hydrogens is 322 g/mol. The number of aryl methyl sites for hydroxylation is 2. The standard InChI is InChI=1S/C18H19N3O2S/c1-20(18-19-7-8-24-18)17(23)14-10-16(22)21(11-14)15-6-5-12-3-2-4-13(12)9-15/h5-9,14H,2-4,10-11H2,1H3/t14-/m0/s1. The summed E-state index contributed by atoms with van der Waals surface area (Å²) in [4.78, 5) is 32.6. The van der Waals surface area contributed by atoms with Gasteiger partial charge in [-0.25, -0.2) is 4.98 Å². The minimum atomic E-state index is -0.306. The highest BCUT2D eigenvalue weighted by atomic mass is 32.1. The zero-order valence-electron chi connectivity index (χ0n) is 13.6. The molecule has 1 aromatic carbocycles. The topological polar surface area (TPSA) is 53.5 Å². The number of hydrogen-bond donors (Lipinski definition) is 0. The molecular formula is C18H19N3O2S. The molecule has 0 N–H and O–H groups in total. The van der Waals surface area contributed by atoms with E-state index in [2.05, 4.69) is 17.1 Å². The Kier molecular flexibility index (Phi) is 3.84. The summed E-state index contributed by atoms with van der Waals surface area (Å²) >= 11 is 1.43. The van der Waals surface area contributed by atoms with Crippen molar-refractivity contribution in [3.63, 3.8) is 0 Å². The van der Waals surface area contributed by atoms with Crippen LogP contribution in [0, 0.1) is 5.92 Å². The van der Waals surface area contributed by atoms with Gasteiger partial charge in [-0.15, -0.1) is 11.3 Å². The molecule has 2 amide bonds. The first kappa shape index (κ1) is 15.3. The van der Waals surface area contributed by atoms with E-state index in [1.807, 2.05) is 11.4 Å². The second kappa shape index (κ2) is 6.02. The first-order chi connectivity index (χ1) is 11.6. The highest BCUT2D eigenvalue weighted by Gasteiger charge is 2.37. The van der Waals surface area contributed by atoms with Gasteiger partial charge in [-0.3, -0.25) is 14.5 Å². The van der Waals surface area contributed by atoms with Crippen molar-refractivity contribution < 1.29 is 9.59 Å². The Morgan fingerprint density at radius 3 is 2.96 bits per heavy atom. The SMILES string of the molecule is CN(C(=O)[C@H]1CC(=O)N(c2ccc3c(c2)CCC3)C1)c1nccs1. The zero-order chi connectivity index (χ0) is 16.7. The Labute approximate surface area is 144 Å². The number of hydrogen-bond acceptors (Lipinski definition) is 4. The summed E-state index contributed by atoms with van der Waals surface area (Å²) in [6.45, 7) is 0.451. The monoisotopic (exact) mass is 341 g/mol. The van der Waals surface area contributed by atoms with Crippen LogP contribution in [0.1, 0.15) is 24.0 Å². The van der Waals surface area contributed by atoms with Crippen molar-refractivity contribution in [2.24, 2.45) is 5.92 Å². The Balaban J connectivity index is 1.52. The summed E-state index contributed by atoms with van der Waals surface area (Å²) in [5.41, 5.74) is 3.66. The van der Waals surface area contributed by atoms with Crippen LogP contribution in [0.15, 0.2) is 29.8 Å². The average Bonchev–Trinajstić information content (AvgIpc) is 3.32. The number of thiazole rings is 1. The fourth-order valence-corrected chi connectivity index (χ4v) is 4.21. The Morgan fingerprint density at radius 1 is 1.33 bits per heavy atom. The third kappa shape index (κ3) is 2.60. The van der Waals surface area contributed by atoms with Crippen molar-refractivity contribution in [3.05, 3.63) is 40.9 Å². The van der Waals surface area contributed by atoms with Crippen molar-refractivity contribution in [2.45, 2.75) is 25.7 Å². The average molecular weight is 341 g/mol. The van der Waals surface area contributed by atoms with E-state index in [0.717, 1.165) is 18.5 Å². The van der Waals surface area contributed by atoms with E-state index in [1.165, 1.54) is 28.9 Å². The smallest absolute Gasteiger partial charge is 0.233 e. The second-order valence-corrected chi connectivity index (χ2v) is 7.30. The maximum Gasteiger partial charge on any atom is 0.233 e. The molecule has 2 heterocycles. The van der Waals surface area contributed by atoms with Crippen LogP contribution < -0.4 is 9.80 Å². The molecule has 5 nitrogen and oxygen atoms in total. The molecule has 0 saturated carbocycles. The summed E-state index contributed by atoms with van der Waals surface area (Å²) < 4.78 is 0. The van der Waals surface area contributed by atoms with Crippen LogP contribution in [0.4, 0.5) is 10.8 Å². The largest absolute Gasteiger partial charge is 0.312 e. The number of carbonyl (C=O) groups excluding carboxylic acids is 2. The first-order valence-corrected chi connectivity index (χ1v) is 9.10. The fraction of sp³-hybridized carbons (Fsp3) is 0.389. The van der Waals surface area contributed by atoms with Gasteiger partial charge in [-0.1, -0.05) is 6.07 Å². The Morgan fingerprint density at radius 2 is 2.17 bits per heavy atom. The number of aromatic nitrogens is 1. The lowest BCUT2D eigenvalue weighted by molar-refractivity contribution is -0.124. The van der Waals surface area contributed by atoms with Crippen molar-refractivity contribution in [1.29, 1.82) is 0 Å². The Hall–Kier alpha value is -2.21. The summed E-state index contributed by atoms with van der Waals surface area (Å²) in [5, 5.41) is 2.51. The van der Waals surface area contributed by atoms with Crippen LogP contribution in [0.3, 0.4) is 0 Å². The molecule has 1 saturated heterocycles. The quantitative estimate of drug-likeness (QED) is 0.862. The minimum Gasteiger partial charge on any atom is -0.312 e. The van der Waals surface area contributed by atoms with Crippen molar-refractivity contribution in [3.8, 4) is 0 Å². The Bertz CT molecular complexity index is 788. The molecule has 0 radical (unpaired) electrons. The number of nitrogens with zero attached hydrogens (tertiary/aromatic N) is 3. The van der Waals surface area contributed by atoms with Crippen LogP contribution in [-0.4, -0.2) is 30.4 Å². The lowest BCUT2D eigenvalue weighted by Gasteiger charge is -2.20. The number of carbonyl (C=O) groups is 2. The molecule has 1 aromatic heterocycles. The summed E-state index contributed by atoms with van der Waals surface area (Å²) in [5.74, 6) is -0.319. The third-order valence-electron chi connectivity index (χ3n) is 4.90. The van der Waals surface area contributed by atoms with E-state index in [1.54, 1.807) is 23.0 Å². The molecule has 1 atom stereocenters. The van der Waals surface area contributed by atoms with Crippen molar-refractivity contribution in [1.82, 2.24) is 4.98 Å². The summed E-state index contributed by atoms with van der Waals surface area (Å²) in [7, 11) is 1.73. The van der Waals surface area contributed by atoms with Gasteiger partial charge in [0.05, 0.1) is 5.92 Å². The van der Waals surface area contributed by atoms with E-state index in [4.69, 9.17) is 0 Å². The van der Waals surface area contributed by atoms with Gasteiger partial charge in [0.25, 0.3) is 0 Å². The van der Waals surface area contributed by atoms with Crippen LogP contribution >= 0.6 is 11.3 Å². The predicted octanol–water partition coefficient (Wildman–Crippen LogP) is 2.65. The molecule has 0 spiro atoms. The normalized spacial score (nSPS) is 19.6. The van der Waals surface area contributed by atoms with E-state index in [0.29, 0.717) is 11.7 Å². The second-order valence-electron chi connectivity index (χ2n) is 6.42. The molecule has 2 aliphatic rings. The first-order valence-electron chi connectivity index (χ1n) is 8.22. The van der Waals surface area contributed by atoms with E-state index in [9.17, 15) is 9.59 Å². The molecule has 1 aliphatic heterocycles. The van der Waals surface area contributed by atoms with E-state index >= 15 is 0 Å². The summed E-state index contributed by atoms with van der Waals surface area (Å²) in [6, 6.07) is 6.26. The van der Waals surface area contributed by atoms with Crippen LogP contribution in [0.5, 0.6) is 0 Å². The van der Waals surface area contributed by atoms with E-state index < -0.39 is 0 Å². The highest BCUT2D eigenvalue weighted by Crippen LogP contribution is 2.31. The molecule has 2 aromatic rings. The van der Waals surface area contributed by atoms with E-state index in [-0.39, 0.29) is 24.2 Å². The van der Waals surface area contributed by atoms with Crippen molar-refractivity contribution in [2.75, 3.05) is 23.4 Å². The van der Waals surface area contributed by atoms with Gasteiger partial charge in [0, 0.05) is 37.3 Å². The van der Waals surface area contributed by atoms with Crippen LogP contribution in [-0.2, 0) is 22.4 Å². The molecule has 6 heteroatoms. The number of rotatable bonds is 3. The van der Waals surface area contributed by atoms with Gasteiger partial charge >= 0.3 is 0 Å². The number of anilines is 2. The van der Waals surface area contributed by atoms with Gasteiger partial charge in [0.15, 0.2) is 5.13 Å². The lowest BCUT2D eigenvalue weighted by atomic mass is 10.1. The van der Waals surface area contributed by atoms with Gasteiger partial charge < -0.3 is 4.90 Å². The molecule has 1 aliphatic carbocycles. The van der Waals surface area contributed by atoms with Crippen molar-refractivity contribution >= 4 is 34.0 Å². The maximum absolute atomic E-state index is 12.7. The van der Waals surface area contributed by atoms with Crippen LogP contribution in [0.2, 0.25) is 0 Å². The number of fused-ring (bicyclic) bond motifs is 1. The molecule has 4 rings (SSSR count). The zero-order valence-corrected chi connectivity index (χ0v) is 14.4. The maximum atomic E-state index is 12.7. The summed E-state index contributed by atoms with van der Waals surface area (Å²) in [6.07, 6.45) is 5.35. The molecule has 124 valence electrons. The number of benzene rings is 1. The third-order valence-corrected chi connectivity index (χ3v) is 5.75. The van der Waals surface area contributed by atoms with Gasteiger partial charge in [0.1, 0.15) is 0 Å². The van der Waals surface area contributed by atoms with Crippen LogP contribution in [0.25, 0.3) is 0 Å². The van der Waals surface area contributed by atoms with Gasteiger partial charge in [-0.05, 0) is 42.5 Å². The highest BCUT2D eigenvalue weighted by molar-refractivity contribution is 7.13. The number of amides is 2. The van der Waals surface area contributed by atoms with Gasteiger partial charge in [0.2, 0.25) is 11.8 Å². The predicted molar refractivity (Wildman–Crippen MR) is 94.5 cm³/mol. The fourth-order valence-electron chi connectivity index (χ4n) is 3.60. The lowest BCUT2D eigenvalue weighted by Crippen LogP contribution is -2.34. The molecule has 0 unspecified atom stereocenters.